The minimum absolute atomic E-state index is 0.676. The van der Waals surface area contributed by atoms with E-state index in [2.05, 4.69) is 35.6 Å². The molecule has 1 aromatic carbocycles. The first-order chi connectivity index (χ1) is 8.93. The predicted molar refractivity (Wildman–Crippen MR) is 73.6 cm³/mol. The number of hydrogen-bond donors (Lipinski definition) is 1. The molecule has 2 fully saturated rings. The Hall–Kier alpha value is -0.860. The average Bonchev–Trinajstić information content (AvgIpc) is 2.89. The van der Waals surface area contributed by atoms with Crippen molar-refractivity contribution in [1.29, 1.82) is 0 Å². The van der Waals surface area contributed by atoms with Crippen LogP contribution in [0.15, 0.2) is 30.3 Å². The highest BCUT2D eigenvalue weighted by molar-refractivity contribution is 5.16. The maximum atomic E-state index is 5.49. The van der Waals surface area contributed by atoms with E-state index < -0.39 is 0 Å². The lowest BCUT2D eigenvalue weighted by Crippen LogP contribution is -2.35. The first-order valence-corrected chi connectivity index (χ1v) is 7.28. The largest absolute Gasteiger partial charge is 0.381 e. The summed E-state index contributed by atoms with van der Waals surface area (Å²) in [5.41, 5.74) is 1.47. The minimum Gasteiger partial charge on any atom is -0.381 e. The summed E-state index contributed by atoms with van der Waals surface area (Å²) < 4.78 is 5.49. The van der Waals surface area contributed by atoms with E-state index in [1.807, 2.05) is 0 Å². The zero-order chi connectivity index (χ0) is 12.2. The monoisotopic (exact) mass is 245 g/mol. The molecule has 2 heterocycles. The second kappa shape index (κ2) is 5.85. The van der Waals surface area contributed by atoms with E-state index in [-0.39, 0.29) is 0 Å². The normalized spacial score (nSPS) is 29.6. The van der Waals surface area contributed by atoms with E-state index >= 15 is 0 Å². The van der Waals surface area contributed by atoms with Crippen molar-refractivity contribution >= 4 is 0 Å². The van der Waals surface area contributed by atoms with Crippen LogP contribution in [0.3, 0.4) is 0 Å². The highest BCUT2D eigenvalue weighted by atomic mass is 16.5. The molecular weight excluding hydrogens is 222 g/mol. The van der Waals surface area contributed by atoms with Crippen molar-refractivity contribution in [3.05, 3.63) is 35.9 Å². The molecule has 98 valence electrons. The topological polar surface area (TPSA) is 21.3 Å². The Bertz CT molecular complexity index is 359. The van der Waals surface area contributed by atoms with Gasteiger partial charge >= 0.3 is 0 Å². The molecule has 2 heteroatoms. The molecule has 0 aliphatic carbocycles. The van der Waals surface area contributed by atoms with Crippen molar-refractivity contribution in [2.75, 3.05) is 19.8 Å². The molecule has 2 aliphatic heterocycles. The molecule has 2 saturated heterocycles. The maximum Gasteiger partial charge on any atom is 0.0468 e. The summed E-state index contributed by atoms with van der Waals surface area (Å²) >= 11 is 0. The van der Waals surface area contributed by atoms with E-state index in [0.717, 1.165) is 25.0 Å². The van der Waals surface area contributed by atoms with E-state index in [1.54, 1.807) is 0 Å². The van der Waals surface area contributed by atoms with Crippen molar-refractivity contribution in [3.8, 4) is 0 Å². The standard InChI is InChI=1S/C16H23NO/c1-2-4-13(5-3-1)12-16-15(6-9-17-16)14-7-10-18-11-8-14/h1-5,14-17H,6-12H2. The van der Waals surface area contributed by atoms with Crippen LogP contribution in [0.4, 0.5) is 0 Å². The second-order valence-electron chi connectivity index (χ2n) is 5.65. The van der Waals surface area contributed by atoms with Gasteiger partial charge in [-0.05, 0) is 49.6 Å². The van der Waals surface area contributed by atoms with Crippen LogP contribution in [0.1, 0.15) is 24.8 Å². The number of benzene rings is 1. The lowest BCUT2D eigenvalue weighted by molar-refractivity contribution is 0.0442. The molecule has 0 radical (unpaired) electrons. The van der Waals surface area contributed by atoms with Crippen molar-refractivity contribution in [2.45, 2.75) is 31.7 Å². The van der Waals surface area contributed by atoms with Gasteiger partial charge in [0.1, 0.15) is 0 Å². The van der Waals surface area contributed by atoms with Crippen LogP contribution in [0.5, 0.6) is 0 Å². The summed E-state index contributed by atoms with van der Waals surface area (Å²) in [5, 5.41) is 3.71. The van der Waals surface area contributed by atoms with Crippen LogP contribution in [0.25, 0.3) is 0 Å². The quantitative estimate of drug-likeness (QED) is 0.884. The number of ether oxygens (including phenoxy) is 1. The number of hydrogen-bond acceptors (Lipinski definition) is 2. The number of rotatable bonds is 3. The highest BCUT2D eigenvalue weighted by Crippen LogP contribution is 2.32. The number of nitrogens with one attached hydrogen (secondary N) is 1. The van der Waals surface area contributed by atoms with E-state index in [4.69, 9.17) is 4.74 Å². The fraction of sp³-hybridized carbons (Fsp3) is 0.625. The molecule has 0 bridgehead atoms. The van der Waals surface area contributed by atoms with Gasteiger partial charge in [0.05, 0.1) is 0 Å². The SMILES string of the molecule is c1ccc(CC2NCCC2C2CCOCC2)cc1. The Morgan fingerprint density at radius 1 is 1.06 bits per heavy atom. The molecule has 0 saturated carbocycles. The Kier molecular flexibility index (Phi) is 3.96. The van der Waals surface area contributed by atoms with E-state index in [1.165, 1.54) is 37.8 Å². The molecule has 2 unspecified atom stereocenters. The van der Waals surface area contributed by atoms with Crippen LogP contribution in [0, 0.1) is 11.8 Å². The van der Waals surface area contributed by atoms with Gasteiger partial charge in [0, 0.05) is 19.3 Å². The summed E-state index contributed by atoms with van der Waals surface area (Å²) in [4.78, 5) is 0. The van der Waals surface area contributed by atoms with Gasteiger partial charge in [-0.1, -0.05) is 30.3 Å². The van der Waals surface area contributed by atoms with Crippen molar-refractivity contribution in [1.82, 2.24) is 5.32 Å². The lowest BCUT2D eigenvalue weighted by atomic mass is 9.79. The fourth-order valence-electron chi connectivity index (χ4n) is 3.59. The smallest absolute Gasteiger partial charge is 0.0468 e. The summed E-state index contributed by atoms with van der Waals surface area (Å²) in [7, 11) is 0. The van der Waals surface area contributed by atoms with Crippen LogP contribution >= 0.6 is 0 Å². The molecule has 2 aliphatic rings. The van der Waals surface area contributed by atoms with Crippen LogP contribution in [0.2, 0.25) is 0 Å². The zero-order valence-electron chi connectivity index (χ0n) is 11.0. The Morgan fingerprint density at radius 2 is 1.83 bits per heavy atom. The van der Waals surface area contributed by atoms with Crippen molar-refractivity contribution in [3.63, 3.8) is 0 Å². The molecule has 1 aromatic rings. The van der Waals surface area contributed by atoms with E-state index in [0.29, 0.717) is 6.04 Å². The molecule has 0 amide bonds. The Balaban J connectivity index is 1.63. The molecule has 3 rings (SSSR count). The van der Waals surface area contributed by atoms with Gasteiger partial charge in [0.2, 0.25) is 0 Å². The molecular formula is C16H23NO. The first kappa shape index (κ1) is 12.2. The Labute approximate surface area is 110 Å². The first-order valence-electron chi connectivity index (χ1n) is 7.28. The van der Waals surface area contributed by atoms with Gasteiger partial charge in [0.25, 0.3) is 0 Å². The van der Waals surface area contributed by atoms with Crippen molar-refractivity contribution in [2.24, 2.45) is 11.8 Å². The van der Waals surface area contributed by atoms with E-state index in [9.17, 15) is 0 Å². The van der Waals surface area contributed by atoms with Crippen molar-refractivity contribution < 1.29 is 4.74 Å². The van der Waals surface area contributed by atoms with Crippen LogP contribution < -0.4 is 5.32 Å². The molecule has 2 nitrogen and oxygen atoms in total. The van der Waals surface area contributed by atoms with Gasteiger partial charge in [-0.2, -0.15) is 0 Å². The summed E-state index contributed by atoms with van der Waals surface area (Å²) in [5.74, 6) is 1.73. The van der Waals surface area contributed by atoms with Gasteiger partial charge in [-0.15, -0.1) is 0 Å². The third-order valence-electron chi connectivity index (χ3n) is 4.57. The second-order valence-corrected chi connectivity index (χ2v) is 5.65. The van der Waals surface area contributed by atoms with Gasteiger partial charge < -0.3 is 10.1 Å². The van der Waals surface area contributed by atoms with Gasteiger partial charge in [-0.3, -0.25) is 0 Å². The fourth-order valence-corrected chi connectivity index (χ4v) is 3.59. The zero-order valence-corrected chi connectivity index (χ0v) is 11.0. The van der Waals surface area contributed by atoms with Crippen LogP contribution in [-0.2, 0) is 11.2 Å². The van der Waals surface area contributed by atoms with Crippen LogP contribution in [-0.4, -0.2) is 25.8 Å². The molecule has 1 N–H and O–H groups in total. The Morgan fingerprint density at radius 3 is 2.61 bits per heavy atom. The third kappa shape index (κ3) is 2.76. The van der Waals surface area contributed by atoms with Gasteiger partial charge in [-0.25, -0.2) is 0 Å². The van der Waals surface area contributed by atoms with Gasteiger partial charge in [0.15, 0.2) is 0 Å². The summed E-state index contributed by atoms with van der Waals surface area (Å²) in [6, 6.07) is 11.6. The maximum absolute atomic E-state index is 5.49. The summed E-state index contributed by atoms with van der Waals surface area (Å²) in [6.07, 6.45) is 5.06. The lowest BCUT2D eigenvalue weighted by Gasteiger charge is -2.31. The third-order valence-corrected chi connectivity index (χ3v) is 4.57. The highest BCUT2D eigenvalue weighted by Gasteiger charge is 2.33. The molecule has 0 aromatic heterocycles. The molecule has 2 atom stereocenters. The predicted octanol–water partition coefficient (Wildman–Crippen LogP) is 2.63. The minimum atomic E-state index is 0.676. The molecule has 18 heavy (non-hydrogen) atoms. The summed E-state index contributed by atoms with van der Waals surface area (Å²) in [6.45, 7) is 3.14. The average molecular weight is 245 g/mol. The molecule has 0 spiro atoms.